The average Bonchev–Trinajstić information content (AvgIpc) is 3.33. The van der Waals surface area contributed by atoms with Crippen molar-refractivity contribution in [3.8, 4) is 0 Å². The Hall–Kier alpha value is -4.53. The molecule has 0 saturated carbocycles. The number of nitrogens with zero attached hydrogens (tertiary/aromatic N) is 2. The molecular formula is C30H25N3O4S. The van der Waals surface area contributed by atoms with Gasteiger partial charge >= 0.3 is 0 Å². The quantitative estimate of drug-likeness (QED) is 0.241. The van der Waals surface area contributed by atoms with Crippen LogP contribution in [0.4, 0.5) is 0 Å². The third-order valence-electron chi connectivity index (χ3n) is 6.37. The fourth-order valence-electron chi connectivity index (χ4n) is 4.33. The van der Waals surface area contributed by atoms with Gasteiger partial charge in [-0.3, -0.25) is 4.79 Å². The molecule has 0 radical (unpaired) electrons. The van der Waals surface area contributed by atoms with Crippen LogP contribution in [-0.2, 0) is 20.4 Å². The lowest BCUT2D eigenvalue weighted by molar-refractivity contribution is -0.136. The third kappa shape index (κ3) is 4.51. The van der Waals surface area contributed by atoms with Gasteiger partial charge in [-0.25, -0.2) is 17.8 Å². The second-order valence-electron chi connectivity index (χ2n) is 8.86. The van der Waals surface area contributed by atoms with Gasteiger partial charge in [0.05, 0.1) is 16.6 Å². The van der Waals surface area contributed by atoms with E-state index < -0.39 is 21.5 Å². The van der Waals surface area contributed by atoms with Crippen molar-refractivity contribution in [3.63, 3.8) is 0 Å². The molecule has 4 aromatic carbocycles. The van der Waals surface area contributed by atoms with E-state index in [1.165, 1.54) is 16.4 Å². The van der Waals surface area contributed by atoms with Crippen molar-refractivity contribution in [2.45, 2.75) is 17.4 Å². The predicted octanol–water partition coefficient (Wildman–Crippen LogP) is 4.57. The summed E-state index contributed by atoms with van der Waals surface area (Å²) in [5.74, 6) is -0.748. The summed E-state index contributed by atoms with van der Waals surface area (Å²) in [5, 5.41) is 16.3. The monoisotopic (exact) mass is 523 g/mol. The van der Waals surface area contributed by atoms with Crippen LogP contribution < -0.4 is 5.43 Å². The van der Waals surface area contributed by atoms with Crippen molar-refractivity contribution in [1.29, 1.82) is 0 Å². The Labute approximate surface area is 220 Å². The number of rotatable bonds is 7. The number of benzene rings is 4. The fraction of sp³-hybridized carbons (Fsp3) is 0.0667. The maximum atomic E-state index is 13.4. The number of fused-ring (bicyclic) bond motifs is 1. The van der Waals surface area contributed by atoms with Crippen LogP contribution in [0.1, 0.15) is 22.3 Å². The van der Waals surface area contributed by atoms with Gasteiger partial charge in [0, 0.05) is 17.1 Å². The number of nitrogens with one attached hydrogen (secondary N) is 1. The lowest BCUT2D eigenvalue weighted by atomic mass is 9.85. The van der Waals surface area contributed by atoms with Gasteiger partial charge in [0.1, 0.15) is 0 Å². The highest BCUT2D eigenvalue weighted by molar-refractivity contribution is 7.90. The molecule has 1 aromatic heterocycles. The molecule has 0 atom stereocenters. The first-order valence-corrected chi connectivity index (χ1v) is 13.3. The smallest absolute Gasteiger partial charge is 0.281 e. The molecule has 0 spiro atoms. The fourth-order valence-corrected chi connectivity index (χ4v) is 5.71. The van der Waals surface area contributed by atoms with Gasteiger partial charge < -0.3 is 5.11 Å². The van der Waals surface area contributed by atoms with Gasteiger partial charge in [-0.15, -0.1) is 0 Å². The normalized spacial score (nSPS) is 12.2. The Morgan fingerprint density at radius 2 is 1.39 bits per heavy atom. The Bertz CT molecular complexity index is 1690. The van der Waals surface area contributed by atoms with Crippen LogP contribution in [0, 0.1) is 6.92 Å². The van der Waals surface area contributed by atoms with Gasteiger partial charge in [0.15, 0.2) is 5.60 Å². The van der Waals surface area contributed by atoms with E-state index in [-0.39, 0.29) is 4.90 Å². The van der Waals surface area contributed by atoms with Crippen LogP contribution in [0.5, 0.6) is 0 Å². The van der Waals surface area contributed by atoms with E-state index in [0.29, 0.717) is 27.6 Å². The first-order valence-electron chi connectivity index (χ1n) is 11.9. The van der Waals surface area contributed by atoms with Crippen LogP contribution in [-0.4, -0.2) is 29.6 Å². The van der Waals surface area contributed by atoms with Crippen molar-refractivity contribution in [1.82, 2.24) is 9.40 Å². The zero-order valence-corrected chi connectivity index (χ0v) is 21.3. The molecule has 5 rings (SSSR count). The van der Waals surface area contributed by atoms with Crippen molar-refractivity contribution in [2.24, 2.45) is 5.10 Å². The Morgan fingerprint density at radius 3 is 2.00 bits per heavy atom. The first kappa shape index (κ1) is 25.1. The molecule has 0 saturated heterocycles. The lowest BCUT2D eigenvalue weighted by Gasteiger charge is -2.27. The van der Waals surface area contributed by atoms with E-state index in [2.05, 4.69) is 10.5 Å². The zero-order chi connectivity index (χ0) is 26.8. The molecule has 0 fully saturated rings. The number of carbonyl (C=O) groups excluding carboxylic acids is 1. The average molecular weight is 524 g/mol. The zero-order valence-electron chi connectivity index (χ0n) is 20.5. The minimum atomic E-state index is -3.87. The Morgan fingerprint density at radius 1 is 0.842 bits per heavy atom. The SMILES string of the molecule is Cc1ccc(S(=O)(=O)n2cc(/C=N\NC(=O)C(O)(c3ccccc3)c3ccccc3)c3ccccc32)cc1. The Kier molecular flexibility index (Phi) is 6.67. The number of hydrazone groups is 1. The maximum Gasteiger partial charge on any atom is 0.281 e. The number of amides is 1. The lowest BCUT2D eigenvalue weighted by Crippen LogP contribution is -2.43. The molecule has 190 valence electrons. The molecule has 1 amide bonds. The number of aryl methyl sites for hydroxylation is 1. The molecule has 0 unspecified atom stereocenters. The minimum absolute atomic E-state index is 0.163. The van der Waals surface area contributed by atoms with E-state index >= 15 is 0 Å². The Balaban J connectivity index is 1.49. The predicted molar refractivity (Wildman–Crippen MR) is 147 cm³/mol. The topological polar surface area (TPSA) is 101 Å². The van der Waals surface area contributed by atoms with Crippen molar-refractivity contribution in [3.05, 3.63) is 138 Å². The summed E-state index contributed by atoms with van der Waals surface area (Å²) in [7, 11) is -3.87. The highest BCUT2D eigenvalue weighted by atomic mass is 32.2. The van der Waals surface area contributed by atoms with E-state index in [1.807, 2.05) is 6.92 Å². The van der Waals surface area contributed by atoms with E-state index in [0.717, 1.165) is 5.56 Å². The van der Waals surface area contributed by atoms with Crippen LogP contribution in [0.15, 0.2) is 125 Å². The number of para-hydroxylation sites is 1. The number of carbonyl (C=O) groups is 1. The minimum Gasteiger partial charge on any atom is -0.372 e. The molecule has 0 aliphatic carbocycles. The third-order valence-corrected chi connectivity index (χ3v) is 8.06. The van der Waals surface area contributed by atoms with Crippen molar-refractivity contribution in [2.75, 3.05) is 0 Å². The molecule has 7 nitrogen and oxygen atoms in total. The molecule has 38 heavy (non-hydrogen) atoms. The summed E-state index contributed by atoms with van der Waals surface area (Å²) in [6, 6.07) is 30.9. The van der Waals surface area contributed by atoms with E-state index in [1.54, 1.807) is 109 Å². The van der Waals surface area contributed by atoms with Crippen LogP contribution >= 0.6 is 0 Å². The molecule has 0 aliphatic rings. The molecule has 2 N–H and O–H groups in total. The number of hydrogen-bond donors (Lipinski definition) is 2. The first-order chi connectivity index (χ1) is 18.3. The summed E-state index contributed by atoms with van der Waals surface area (Å²) in [5.41, 5.74) is 3.15. The molecule has 5 aromatic rings. The second kappa shape index (κ2) is 10.1. The highest BCUT2D eigenvalue weighted by Gasteiger charge is 2.39. The summed E-state index contributed by atoms with van der Waals surface area (Å²) in [6.45, 7) is 1.89. The molecule has 1 heterocycles. The van der Waals surface area contributed by atoms with Gasteiger partial charge in [-0.2, -0.15) is 5.10 Å². The number of aromatic nitrogens is 1. The molecular weight excluding hydrogens is 498 g/mol. The molecule has 0 aliphatic heterocycles. The molecule has 0 bridgehead atoms. The summed E-state index contributed by atoms with van der Waals surface area (Å²) in [6.07, 6.45) is 2.84. The van der Waals surface area contributed by atoms with Crippen molar-refractivity contribution < 1.29 is 18.3 Å². The van der Waals surface area contributed by atoms with Crippen LogP contribution in [0.3, 0.4) is 0 Å². The maximum absolute atomic E-state index is 13.4. The second-order valence-corrected chi connectivity index (χ2v) is 10.7. The van der Waals surface area contributed by atoms with Gasteiger partial charge in [-0.1, -0.05) is 96.6 Å². The largest absolute Gasteiger partial charge is 0.372 e. The van der Waals surface area contributed by atoms with Gasteiger partial charge in [0.25, 0.3) is 15.9 Å². The summed E-state index contributed by atoms with van der Waals surface area (Å²) < 4.78 is 28.0. The number of aliphatic hydroxyl groups is 1. The summed E-state index contributed by atoms with van der Waals surface area (Å²) >= 11 is 0. The highest BCUT2D eigenvalue weighted by Crippen LogP contribution is 2.30. The van der Waals surface area contributed by atoms with Crippen LogP contribution in [0.25, 0.3) is 10.9 Å². The van der Waals surface area contributed by atoms with E-state index in [9.17, 15) is 18.3 Å². The molecule has 8 heteroatoms. The standard InChI is InChI=1S/C30H25N3O4S/c1-22-16-18-26(19-17-22)38(36,37)33-21-23(27-14-8-9-15-28(27)33)20-31-32-29(34)30(35,24-10-4-2-5-11-24)25-12-6-3-7-13-25/h2-21,35H,1H3,(H,32,34)/b31-20-. The van der Waals surface area contributed by atoms with Crippen molar-refractivity contribution >= 4 is 33.0 Å². The van der Waals surface area contributed by atoms with Crippen LogP contribution in [0.2, 0.25) is 0 Å². The summed E-state index contributed by atoms with van der Waals surface area (Å²) in [4.78, 5) is 13.5. The van der Waals surface area contributed by atoms with E-state index in [4.69, 9.17) is 0 Å². The number of hydrogen-bond acceptors (Lipinski definition) is 5. The van der Waals surface area contributed by atoms with Gasteiger partial charge in [0.2, 0.25) is 0 Å². The van der Waals surface area contributed by atoms with Gasteiger partial charge in [-0.05, 0) is 36.2 Å².